The van der Waals surface area contributed by atoms with Crippen LogP contribution in [-0.4, -0.2) is 33.4 Å². The minimum absolute atomic E-state index is 0.223. The maximum Gasteiger partial charge on any atom is 0.200 e. The van der Waals surface area contributed by atoms with Gasteiger partial charge in [0.25, 0.3) is 0 Å². The number of rotatable bonds is 6. The lowest BCUT2D eigenvalue weighted by atomic mass is 10.0. The van der Waals surface area contributed by atoms with Gasteiger partial charge in [-0.05, 0) is 67.3 Å². The first-order valence-corrected chi connectivity index (χ1v) is 12.6. The summed E-state index contributed by atoms with van der Waals surface area (Å²) in [5.41, 5.74) is 5.12. The summed E-state index contributed by atoms with van der Waals surface area (Å²) in [6, 6.07) is 8.42. The molecule has 178 valence electrons. The summed E-state index contributed by atoms with van der Waals surface area (Å²) >= 11 is 0. The third-order valence-electron chi connectivity index (χ3n) is 7.64. The van der Waals surface area contributed by atoms with Crippen LogP contribution in [0.25, 0.3) is 22.8 Å². The third kappa shape index (κ3) is 3.54. The maximum atomic E-state index is 7.64. The van der Waals surface area contributed by atoms with Gasteiger partial charge in [-0.25, -0.2) is 14.7 Å². The standard InChI is InChI=1S/C29H27N7/c1-18(24-14-20(24)16-30)36-28(33-27(34-36)26-7-3-2-4-12-31-26)19-8-10-22(11-9-19)35-13-5-6-23-25-15-21(25)17-32-29(23)35/h2-3,5,7-13,16-17,20-21,24-25,30H,1,4,6,14-15H2. The van der Waals surface area contributed by atoms with Gasteiger partial charge in [0.05, 0.1) is 0 Å². The van der Waals surface area contributed by atoms with Crippen molar-refractivity contribution in [3.05, 3.63) is 78.6 Å². The monoisotopic (exact) mass is 473 g/mol. The van der Waals surface area contributed by atoms with E-state index in [9.17, 15) is 0 Å². The molecule has 0 saturated heterocycles. The highest BCUT2D eigenvalue weighted by atomic mass is 15.4. The summed E-state index contributed by atoms with van der Waals surface area (Å²) < 4.78 is 1.85. The van der Waals surface area contributed by atoms with E-state index in [1.807, 2.05) is 23.0 Å². The van der Waals surface area contributed by atoms with Crippen molar-refractivity contribution >= 4 is 35.7 Å². The average Bonchev–Trinajstić information content (AvgIpc) is 3.83. The van der Waals surface area contributed by atoms with Gasteiger partial charge in [-0.1, -0.05) is 24.8 Å². The highest BCUT2D eigenvalue weighted by Gasteiger charge is 2.43. The predicted molar refractivity (Wildman–Crippen MR) is 145 cm³/mol. The summed E-state index contributed by atoms with van der Waals surface area (Å²) in [6.45, 7) is 4.34. The molecular weight excluding hydrogens is 446 g/mol. The van der Waals surface area contributed by atoms with Gasteiger partial charge in [-0.2, -0.15) is 0 Å². The Hall–Kier alpha value is -4.13. The van der Waals surface area contributed by atoms with E-state index in [4.69, 9.17) is 20.5 Å². The van der Waals surface area contributed by atoms with Crippen LogP contribution >= 0.6 is 0 Å². The second-order valence-corrected chi connectivity index (χ2v) is 10.0. The Labute approximate surface area is 210 Å². The fourth-order valence-electron chi connectivity index (χ4n) is 5.36. The fourth-order valence-corrected chi connectivity index (χ4v) is 5.36. The molecule has 1 aromatic carbocycles. The highest BCUT2D eigenvalue weighted by molar-refractivity contribution is 5.77. The highest BCUT2D eigenvalue weighted by Crippen LogP contribution is 2.50. The molecule has 1 aromatic heterocycles. The Bertz CT molecular complexity index is 1450. The number of hydrogen-bond donors (Lipinski definition) is 1. The minimum atomic E-state index is 0.223. The Kier molecular flexibility index (Phi) is 4.84. The molecule has 7 rings (SSSR count). The van der Waals surface area contributed by atoms with E-state index >= 15 is 0 Å². The molecule has 0 radical (unpaired) electrons. The largest absolute Gasteiger partial charge is 0.313 e. The molecule has 5 aliphatic rings. The number of allylic oxidation sites excluding steroid dienone is 6. The van der Waals surface area contributed by atoms with Crippen LogP contribution in [0, 0.1) is 29.1 Å². The first kappa shape index (κ1) is 21.2. The van der Waals surface area contributed by atoms with Crippen molar-refractivity contribution < 1.29 is 0 Å². The van der Waals surface area contributed by atoms with Crippen LogP contribution in [-0.2, 0) is 0 Å². The molecule has 4 unspecified atom stereocenters. The molecule has 3 aliphatic heterocycles. The second-order valence-electron chi connectivity index (χ2n) is 10.0. The molecule has 4 atom stereocenters. The third-order valence-corrected chi connectivity index (χ3v) is 7.64. The molecule has 7 heteroatoms. The van der Waals surface area contributed by atoms with Crippen molar-refractivity contribution in [1.82, 2.24) is 14.8 Å². The Balaban J connectivity index is 1.24. The van der Waals surface area contributed by atoms with Gasteiger partial charge in [-0.15, -0.1) is 5.10 Å². The van der Waals surface area contributed by atoms with Crippen molar-refractivity contribution in [1.29, 1.82) is 5.41 Å². The summed E-state index contributed by atoms with van der Waals surface area (Å²) in [4.78, 5) is 16.5. The summed E-state index contributed by atoms with van der Waals surface area (Å²) in [7, 11) is 0. The van der Waals surface area contributed by atoms with Gasteiger partial charge in [0.1, 0.15) is 11.5 Å². The normalized spacial score (nSPS) is 27.3. The van der Waals surface area contributed by atoms with Gasteiger partial charge in [0.15, 0.2) is 5.82 Å². The molecule has 0 amide bonds. The van der Waals surface area contributed by atoms with E-state index < -0.39 is 0 Å². The molecule has 36 heavy (non-hydrogen) atoms. The van der Waals surface area contributed by atoms with Crippen molar-refractivity contribution in [2.75, 3.05) is 4.90 Å². The average molecular weight is 474 g/mol. The Morgan fingerprint density at radius 1 is 1.11 bits per heavy atom. The van der Waals surface area contributed by atoms with Crippen molar-refractivity contribution in [2.45, 2.75) is 25.7 Å². The number of aromatic nitrogens is 3. The number of nitrogens with zero attached hydrogens (tertiary/aromatic N) is 6. The molecular formula is C29H27N7. The SMILES string of the molecule is C=C(C1CC1C=N)n1nc(C2=CC=CCC=N2)nc1-c1ccc(N2C=CCC3=C2N=CC2CC32)cc1. The molecule has 0 bridgehead atoms. The van der Waals surface area contributed by atoms with Crippen molar-refractivity contribution in [2.24, 2.45) is 33.7 Å². The van der Waals surface area contributed by atoms with E-state index in [2.05, 4.69) is 65.3 Å². The zero-order chi connectivity index (χ0) is 24.2. The Morgan fingerprint density at radius 3 is 2.83 bits per heavy atom. The molecule has 2 saturated carbocycles. The van der Waals surface area contributed by atoms with Crippen LogP contribution < -0.4 is 4.90 Å². The lowest BCUT2D eigenvalue weighted by Gasteiger charge is -2.28. The first-order chi connectivity index (χ1) is 17.7. The number of nitrogens with one attached hydrogen (secondary N) is 1. The first-order valence-electron chi connectivity index (χ1n) is 12.6. The molecule has 2 aromatic rings. The van der Waals surface area contributed by atoms with Crippen LogP contribution in [0.1, 0.15) is 31.5 Å². The molecule has 4 heterocycles. The molecule has 1 N–H and O–H groups in total. The smallest absolute Gasteiger partial charge is 0.200 e. The number of aliphatic imine (C=N–C) groups is 2. The lowest BCUT2D eigenvalue weighted by molar-refractivity contribution is 0.829. The van der Waals surface area contributed by atoms with Crippen LogP contribution in [0.2, 0.25) is 0 Å². The predicted octanol–water partition coefficient (Wildman–Crippen LogP) is 5.73. The number of hydrogen-bond acceptors (Lipinski definition) is 6. The van der Waals surface area contributed by atoms with E-state index in [-0.39, 0.29) is 11.8 Å². The van der Waals surface area contributed by atoms with Crippen LogP contribution in [0.4, 0.5) is 5.69 Å². The molecule has 2 aliphatic carbocycles. The molecule has 7 nitrogen and oxygen atoms in total. The van der Waals surface area contributed by atoms with E-state index in [1.54, 1.807) is 0 Å². The van der Waals surface area contributed by atoms with Crippen LogP contribution in [0.15, 0.2) is 82.7 Å². The second kappa shape index (κ2) is 8.22. The number of fused-ring (bicyclic) bond motifs is 2. The van der Waals surface area contributed by atoms with Gasteiger partial charge in [0.2, 0.25) is 5.82 Å². The summed E-state index contributed by atoms with van der Waals surface area (Å²) in [5.74, 6) is 4.18. The van der Waals surface area contributed by atoms with E-state index in [0.717, 1.165) is 53.6 Å². The summed E-state index contributed by atoms with van der Waals surface area (Å²) in [5, 5.41) is 12.5. The number of anilines is 1. The van der Waals surface area contributed by atoms with Crippen LogP contribution in [0.5, 0.6) is 0 Å². The van der Waals surface area contributed by atoms with Gasteiger partial charge in [-0.3, -0.25) is 4.99 Å². The minimum Gasteiger partial charge on any atom is -0.313 e. The van der Waals surface area contributed by atoms with Gasteiger partial charge < -0.3 is 10.3 Å². The molecule has 0 spiro atoms. The van der Waals surface area contributed by atoms with Gasteiger partial charge >= 0.3 is 0 Å². The summed E-state index contributed by atoms with van der Waals surface area (Å²) in [6.07, 6.45) is 19.8. The van der Waals surface area contributed by atoms with Gasteiger partial charge in [0, 0.05) is 59.8 Å². The number of benzene rings is 1. The van der Waals surface area contributed by atoms with Crippen LogP contribution in [0.3, 0.4) is 0 Å². The topological polar surface area (TPSA) is 82.5 Å². The van der Waals surface area contributed by atoms with E-state index in [1.165, 1.54) is 18.2 Å². The Morgan fingerprint density at radius 2 is 2.00 bits per heavy atom. The zero-order valence-corrected chi connectivity index (χ0v) is 20.0. The maximum absolute atomic E-state index is 7.64. The lowest BCUT2D eigenvalue weighted by Crippen LogP contribution is -2.21. The quantitative estimate of drug-likeness (QED) is 0.544. The zero-order valence-electron chi connectivity index (χ0n) is 20.0. The molecule has 2 fully saturated rings. The van der Waals surface area contributed by atoms with Crippen molar-refractivity contribution in [3.8, 4) is 11.4 Å². The van der Waals surface area contributed by atoms with E-state index in [0.29, 0.717) is 17.7 Å². The fraction of sp³-hybridized carbons (Fsp3) is 0.276. The van der Waals surface area contributed by atoms with Crippen molar-refractivity contribution in [3.63, 3.8) is 0 Å².